The molecular formula is C11H14ClN3O2. The molecule has 0 aliphatic carbocycles. The molecule has 0 bridgehead atoms. The van der Waals surface area contributed by atoms with Gasteiger partial charge in [0.2, 0.25) is 0 Å². The van der Waals surface area contributed by atoms with Crippen LogP contribution in [0.2, 0.25) is 5.02 Å². The molecule has 2 N–H and O–H groups in total. The maximum absolute atomic E-state index is 10.6. The van der Waals surface area contributed by atoms with Gasteiger partial charge in [-0.15, -0.1) is 0 Å². The minimum Gasteiger partial charge on any atom is -0.397 e. The number of carbonyl (C=O) groups excluding carboxylic acids is 1. The molecule has 1 aromatic heterocycles. The van der Waals surface area contributed by atoms with Crippen molar-refractivity contribution in [3.05, 3.63) is 17.3 Å². The van der Waals surface area contributed by atoms with Crippen molar-refractivity contribution in [2.75, 3.05) is 30.4 Å². The van der Waals surface area contributed by atoms with Gasteiger partial charge in [0.15, 0.2) is 0 Å². The Labute approximate surface area is 105 Å². The number of nitrogens with two attached hydrogens (primary N) is 1. The van der Waals surface area contributed by atoms with Gasteiger partial charge < -0.3 is 20.2 Å². The lowest BCUT2D eigenvalue weighted by Gasteiger charge is -2.35. The number of nitrogens with zero attached hydrogens (tertiary/aromatic N) is 2. The predicted octanol–water partition coefficient (Wildman–Crippen LogP) is 1.11. The van der Waals surface area contributed by atoms with Crippen molar-refractivity contribution < 1.29 is 9.53 Å². The zero-order chi connectivity index (χ0) is 12.3. The smallest absolute Gasteiger partial charge is 0.131 e. The Hall–Kier alpha value is -1.33. The van der Waals surface area contributed by atoms with Crippen LogP contribution in [0.15, 0.2) is 12.3 Å². The van der Waals surface area contributed by atoms with Crippen LogP contribution >= 0.6 is 11.6 Å². The minimum absolute atomic E-state index is 0.0225. The number of ether oxygens (including phenoxy) is 1. The molecule has 0 spiro atoms. The van der Waals surface area contributed by atoms with E-state index in [9.17, 15) is 4.79 Å². The molecule has 1 aliphatic heterocycles. The van der Waals surface area contributed by atoms with E-state index in [4.69, 9.17) is 22.1 Å². The molecule has 0 radical (unpaired) electrons. The zero-order valence-electron chi connectivity index (χ0n) is 9.30. The van der Waals surface area contributed by atoms with Crippen molar-refractivity contribution in [1.29, 1.82) is 0 Å². The van der Waals surface area contributed by atoms with E-state index < -0.39 is 0 Å². The van der Waals surface area contributed by atoms with Crippen LogP contribution in [0.1, 0.15) is 6.42 Å². The average Bonchev–Trinajstić information content (AvgIpc) is 2.34. The fraction of sp³-hybridized carbons (Fsp3) is 0.455. The van der Waals surface area contributed by atoms with E-state index in [1.54, 1.807) is 6.07 Å². The maximum Gasteiger partial charge on any atom is 0.131 e. The van der Waals surface area contributed by atoms with Crippen LogP contribution in [0.5, 0.6) is 0 Å². The van der Waals surface area contributed by atoms with E-state index in [1.165, 1.54) is 6.20 Å². The third kappa shape index (κ3) is 2.68. The minimum atomic E-state index is 0.0225. The molecular weight excluding hydrogens is 242 g/mol. The second kappa shape index (κ2) is 5.33. The number of aromatic nitrogens is 1. The number of hydrogen-bond donors (Lipinski definition) is 1. The van der Waals surface area contributed by atoms with Crippen molar-refractivity contribution in [2.45, 2.75) is 12.5 Å². The summed E-state index contributed by atoms with van der Waals surface area (Å²) in [6.07, 6.45) is 2.84. The summed E-state index contributed by atoms with van der Waals surface area (Å²) in [5.41, 5.74) is 6.24. The highest BCUT2D eigenvalue weighted by atomic mass is 35.5. The standard InChI is InChI=1S/C11H14ClN3O2/c12-9-6-14-11(5-10(9)13)15-2-4-17-7-8(15)1-3-16/h3,5-6,8H,1-2,4,7H2,(H2,13,14)/t8-/m1/s1. The second-order valence-electron chi connectivity index (χ2n) is 3.89. The number of nitrogen functional groups attached to an aromatic ring is 1. The van der Waals surface area contributed by atoms with Gasteiger partial charge in [0, 0.05) is 25.2 Å². The van der Waals surface area contributed by atoms with Gasteiger partial charge in [-0.05, 0) is 0 Å². The van der Waals surface area contributed by atoms with Crippen molar-refractivity contribution in [3.63, 3.8) is 0 Å². The monoisotopic (exact) mass is 255 g/mol. The van der Waals surface area contributed by atoms with Crippen LogP contribution in [0.25, 0.3) is 0 Å². The fourth-order valence-electron chi connectivity index (χ4n) is 1.86. The molecule has 2 rings (SSSR count). The van der Waals surface area contributed by atoms with Crippen molar-refractivity contribution in [1.82, 2.24) is 4.98 Å². The van der Waals surface area contributed by atoms with Crippen molar-refractivity contribution in [2.24, 2.45) is 0 Å². The first kappa shape index (κ1) is 12.1. The summed E-state index contributed by atoms with van der Waals surface area (Å²) in [5, 5.41) is 0.439. The summed E-state index contributed by atoms with van der Waals surface area (Å²) >= 11 is 5.83. The van der Waals surface area contributed by atoms with E-state index in [2.05, 4.69) is 4.98 Å². The van der Waals surface area contributed by atoms with E-state index in [1.807, 2.05) is 4.90 Å². The molecule has 5 nitrogen and oxygen atoms in total. The van der Waals surface area contributed by atoms with Crippen LogP contribution in [0.3, 0.4) is 0 Å². The number of morpholine rings is 1. The third-order valence-corrected chi connectivity index (χ3v) is 3.08. The summed E-state index contributed by atoms with van der Waals surface area (Å²) in [6.45, 7) is 1.86. The summed E-state index contributed by atoms with van der Waals surface area (Å²) in [7, 11) is 0. The molecule has 1 aliphatic rings. The molecule has 0 amide bonds. The Morgan fingerprint density at radius 1 is 1.71 bits per heavy atom. The Morgan fingerprint density at radius 2 is 2.53 bits per heavy atom. The number of pyridine rings is 1. The number of carbonyl (C=O) groups is 1. The Kier molecular flexibility index (Phi) is 3.81. The molecule has 1 atom stereocenters. The van der Waals surface area contributed by atoms with E-state index in [0.717, 1.165) is 12.1 Å². The van der Waals surface area contributed by atoms with Gasteiger partial charge in [0.25, 0.3) is 0 Å². The molecule has 0 unspecified atom stereocenters. The number of anilines is 2. The summed E-state index contributed by atoms with van der Waals surface area (Å²) in [5.74, 6) is 0.738. The van der Waals surface area contributed by atoms with Crippen molar-refractivity contribution in [3.8, 4) is 0 Å². The Morgan fingerprint density at radius 3 is 3.24 bits per heavy atom. The Balaban J connectivity index is 2.22. The van der Waals surface area contributed by atoms with Gasteiger partial charge in [-0.2, -0.15) is 0 Å². The fourth-order valence-corrected chi connectivity index (χ4v) is 1.97. The number of aldehydes is 1. The molecule has 2 heterocycles. The summed E-state index contributed by atoms with van der Waals surface area (Å²) in [4.78, 5) is 16.9. The maximum atomic E-state index is 10.6. The summed E-state index contributed by atoms with van der Waals surface area (Å²) < 4.78 is 5.35. The van der Waals surface area contributed by atoms with E-state index in [-0.39, 0.29) is 6.04 Å². The first-order valence-corrected chi connectivity index (χ1v) is 5.79. The zero-order valence-corrected chi connectivity index (χ0v) is 10.1. The highest BCUT2D eigenvalue weighted by molar-refractivity contribution is 6.32. The van der Waals surface area contributed by atoms with E-state index >= 15 is 0 Å². The number of rotatable bonds is 3. The lowest BCUT2D eigenvalue weighted by molar-refractivity contribution is -0.108. The van der Waals surface area contributed by atoms with Gasteiger partial charge in [0.05, 0.1) is 30.0 Å². The van der Waals surface area contributed by atoms with Gasteiger partial charge in [-0.25, -0.2) is 4.98 Å². The molecule has 1 fully saturated rings. The highest BCUT2D eigenvalue weighted by Crippen LogP contribution is 2.25. The largest absolute Gasteiger partial charge is 0.397 e. The topological polar surface area (TPSA) is 68.4 Å². The average molecular weight is 256 g/mol. The van der Waals surface area contributed by atoms with Crippen LogP contribution in [-0.4, -0.2) is 37.1 Å². The van der Waals surface area contributed by atoms with Crippen LogP contribution in [0, 0.1) is 0 Å². The summed E-state index contributed by atoms with van der Waals surface area (Å²) in [6, 6.07) is 1.75. The van der Waals surface area contributed by atoms with Gasteiger partial charge in [-0.1, -0.05) is 11.6 Å². The molecule has 17 heavy (non-hydrogen) atoms. The first-order valence-electron chi connectivity index (χ1n) is 5.41. The number of halogens is 1. The molecule has 92 valence electrons. The molecule has 6 heteroatoms. The van der Waals surface area contributed by atoms with Gasteiger partial charge >= 0.3 is 0 Å². The van der Waals surface area contributed by atoms with Crippen molar-refractivity contribution >= 4 is 29.4 Å². The second-order valence-corrected chi connectivity index (χ2v) is 4.30. The number of hydrogen-bond acceptors (Lipinski definition) is 5. The molecule has 1 saturated heterocycles. The van der Waals surface area contributed by atoms with Crippen LogP contribution in [-0.2, 0) is 9.53 Å². The van der Waals surface area contributed by atoms with Crippen LogP contribution in [0.4, 0.5) is 11.5 Å². The van der Waals surface area contributed by atoms with E-state index in [0.29, 0.717) is 36.9 Å². The van der Waals surface area contributed by atoms with Crippen LogP contribution < -0.4 is 10.6 Å². The molecule has 1 aromatic rings. The van der Waals surface area contributed by atoms with Gasteiger partial charge in [0.1, 0.15) is 12.1 Å². The Bertz CT molecular complexity index is 414. The molecule has 0 saturated carbocycles. The molecule has 0 aromatic carbocycles. The van der Waals surface area contributed by atoms with Gasteiger partial charge in [-0.3, -0.25) is 0 Å². The third-order valence-electron chi connectivity index (χ3n) is 2.76. The predicted molar refractivity (Wildman–Crippen MR) is 66.3 cm³/mol. The lowest BCUT2D eigenvalue weighted by atomic mass is 10.1. The highest BCUT2D eigenvalue weighted by Gasteiger charge is 2.24. The quantitative estimate of drug-likeness (QED) is 0.820. The lowest BCUT2D eigenvalue weighted by Crippen LogP contribution is -2.46. The first-order chi connectivity index (χ1) is 8.22. The normalized spacial score (nSPS) is 20.3. The SMILES string of the molecule is Nc1cc(N2CCOC[C@H]2CC=O)ncc1Cl.